The maximum Gasteiger partial charge on any atom is 0.159 e. The van der Waals surface area contributed by atoms with E-state index in [0.29, 0.717) is 17.1 Å². The van der Waals surface area contributed by atoms with Gasteiger partial charge in [0.2, 0.25) is 0 Å². The molecule has 1 atom stereocenters. The molecule has 1 aliphatic rings. The average Bonchev–Trinajstić information content (AvgIpc) is 2.70. The molecule has 0 heterocycles. The molecule has 1 aromatic carbocycles. The van der Waals surface area contributed by atoms with E-state index in [9.17, 15) is 13.6 Å². The van der Waals surface area contributed by atoms with Gasteiger partial charge in [-0.15, -0.1) is 11.8 Å². The minimum Gasteiger partial charge on any atom is -0.299 e. The van der Waals surface area contributed by atoms with Gasteiger partial charge >= 0.3 is 0 Å². The summed E-state index contributed by atoms with van der Waals surface area (Å²) in [6, 6.07) is 3.91. The fourth-order valence-corrected chi connectivity index (χ4v) is 3.07. The predicted octanol–water partition coefficient (Wildman–Crippen LogP) is 3.82. The van der Waals surface area contributed by atoms with E-state index in [-0.39, 0.29) is 5.92 Å². The van der Waals surface area contributed by atoms with Gasteiger partial charge in [0, 0.05) is 17.2 Å². The summed E-state index contributed by atoms with van der Waals surface area (Å²) in [4.78, 5) is 12.1. The molecule has 1 aromatic rings. The van der Waals surface area contributed by atoms with Crippen LogP contribution in [0.5, 0.6) is 0 Å². The van der Waals surface area contributed by atoms with Crippen LogP contribution >= 0.6 is 11.8 Å². The fraction of sp³-hybridized carbons (Fsp3) is 0.462. The summed E-state index contributed by atoms with van der Waals surface area (Å²) in [5.41, 5.74) is 0. The molecule has 92 valence electrons. The highest BCUT2D eigenvalue weighted by Gasteiger charge is 2.23. The second kappa shape index (κ2) is 5.63. The average molecular weight is 256 g/mol. The Morgan fingerprint density at radius 1 is 1.29 bits per heavy atom. The number of thioether (sulfide) groups is 1. The molecule has 17 heavy (non-hydrogen) atoms. The number of hydrogen-bond acceptors (Lipinski definition) is 2. The standard InChI is InChI=1S/C13H14F2OS/c14-11-5-4-10(8-12(11)15)17-7-6-9-2-1-3-13(9)16/h4-5,8-9H,1-3,6-7H2. The van der Waals surface area contributed by atoms with Crippen LogP contribution in [0.2, 0.25) is 0 Å². The summed E-state index contributed by atoms with van der Waals surface area (Å²) in [6.45, 7) is 0. The number of Topliss-reactive ketones (excluding diaryl/α,β-unsaturated/α-hetero) is 1. The van der Waals surface area contributed by atoms with E-state index in [1.165, 1.54) is 17.8 Å². The molecular formula is C13H14F2OS. The van der Waals surface area contributed by atoms with Crippen molar-refractivity contribution in [3.8, 4) is 0 Å². The van der Waals surface area contributed by atoms with Crippen LogP contribution in [0.1, 0.15) is 25.7 Å². The first-order valence-electron chi connectivity index (χ1n) is 5.77. The van der Waals surface area contributed by atoms with Crippen LogP contribution in [-0.4, -0.2) is 11.5 Å². The Balaban J connectivity index is 1.81. The van der Waals surface area contributed by atoms with Crippen molar-refractivity contribution in [2.45, 2.75) is 30.6 Å². The Bertz CT molecular complexity index is 420. The lowest BCUT2D eigenvalue weighted by molar-refractivity contribution is -0.120. The fourth-order valence-electron chi connectivity index (χ4n) is 2.08. The van der Waals surface area contributed by atoms with Gasteiger partial charge in [-0.1, -0.05) is 0 Å². The van der Waals surface area contributed by atoms with E-state index in [1.807, 2.05) is 0 Å². The molecule has 1 nitrogen and oxygen atoms in total. The summed E-state index contributed by atoms with van der Waals surface area (Å²) in [5.74, 6) is -0.308. The summed E-state index contributed by atoms with van der Waals surface area (Å²) in [5, 5.41) is 0. The highest BCUT2D eigenvalue weighted by molar-refractivity contribution is 7.99. The second-order valence-corrected chi connectivity index (χ2v) is 5.44. The molecule has 1 unspecified atom stereocenters. The third-order valence-electron chi connectivity index (χ3n) is 3.06. The third-order valence-corrected chi connectivity index (χ3v) is 4.08. The second-order valence-electron chi connectivity index (χ2n) is 4.27. The van der Waals surface area contributed by atoms with E-state index in [2.05, 4.69) is 0 Å². The molecular weight excluding hydrogens is 242 g/mol. The zero-order chi connectivity index (χ0) is 12.3. The van der Waals surface area contributed by atoms with Crippen molar-refractivity contribution in [2.24, 2.45) is 5.92 Å². The van der Waals surface area contributed by atoms with Crippen LogP contribution in [0.4, 0.5) is 8.78 Å². The van der Waals surface area contributed by atoms with Crippen LogP contribution in [0, 0.1) is 17.6 Å². The van der Waals surface area contributed by atoms with Gasteiger partial charge < -0.3 is 0 Å². The first kappa shape index (κ1) is 12.6. The molecule has 1 saturated carbocycles. The van der Waals surface area contributed by atoms with Gasteiger partial charge in [0.1, 0.15) is 5.78 Å². The number of hydrogen-bond donors (Lipinski definition) is 0. The van der Waals surface area contributed by atoms with E-state index >= 15 is 0 Å². The van der Waals surface area contributed by atoms with E-state index in [0.717, 1.165) is 31.1 Å². The minimum absolute atomic E-state index is 0.188. The summed E-state index contributed by atoms with van der Waals surface area (Å²) < 4.78 is 25.6. The Morgan fingerprint density at radius 2 is 2.12 bits per heavy atom. The molecule has 0 radical (unpaired) electrons. The number of carbonyl (C=O) groups excluding carboxylic acids is 1. The van der Waals surface area contributed by atoms with Crippen LogP contribution in [0.15, 0.2) is 23.1 Å². The molecule has 0 bridgehead atoms. The largest absolute Gasteiger partial charge is 0.299 e. The summed E-state index contributed by atoms with van der Waals surface area (Å²) in [7, 11) is 0. The van der Waals surface area contributed by atoms with E-state index in [1.54, 1.807) is 6.07 Å². The first-order chi connectivity index (χ1) is 8.16. The van der Waals surface area contributed by atoms with Crippen molar-refractivity contribution in [1.29, 1.82) is 0 Å². The highest BCUT2D eigenvalue weighted by atomic mass is 32.2. The summed E-state index contributed by atoms with van der Waals surface area (Å²) in [6.07, 6.45) is 3.53. The van der Waals surface area contributed by atoms with E-state index in [4.69, 9.17) is 0 Å². The Labute approximate surface area is 104 Å². The van der Waals surface area contributed by atoms with Crippen molar-refractivity contribution < 1.29 is 13.6 Å². The Kier molecular flexibility index (Phi) is 4.15. The molecule has 0 spiro atoms. The zero-order valence-electron chi connectivity index (χ0n) is 9.42. The van der Waals surface area contributed by atoms with Crippen molar-refractivity contribution in [2.75, 3.05) is 5.75 Å². The molecule has 0 saturated heterocycles. The molecule has 2 rings (SSSR count). The van der Waals surface area contributed by atoms with Crippen LogP contribution in [0.25, 0.3) is 0 Å². The van der Waals surface area contributed by atoms with Gasteiger partial charge in [0.25, 0.3) is 0 Å². The number of rotatable bonds is 4. The van der Waals surface area contributed by atoms with Crippen LogP contribution in [0.3, 0.4) is 0 Å². The van der Waals surface area contributed by atoms with Gasteiger partial charge in [0.15, 0.2) is 11.6 Å². The molecule has 0 aromatic heterocycles. The van der Waals surface area contributed by atoms with Crippen LogP contribution < -0.4 is 0 Å². The number of halogens is 2. The molecule has 0 amide bonds. The first-order valence-corrected chi connectivity index (χ1v) is 6.76. The topological polar surface area (TPSA) is 17.1 Å². The Morgan fingerprint density at radius 3 is 2.76 bits per heavy atom. The smallest absolute Gasteiger partial charge is 0.159 e. The normalized spacial score (nSPS) is 19.9. The van der Waals surface area contributed by atoms with Crippen molar-refractivity contribution in [3.05, 3.63) is 29.8 Å². The van der Waals surface area contributed by atoms with Gasteiger partial charge in [-0.05, 0) is 43.2 Å². The molecule has 4 heteroatoms. The monoisotopic (exact) mass is 256 g/mol. The summed E-state index contributed by atoms with van der Waals surface area (Å²) >= 11 is 1.47. The number of benzene rings is 1. The number of carbonyl (C=O) groups is 1. The Hall–Kier alpha value is -0.900. The van der Waals surface area contributed by atoms with Gasteiger partial charge in [-0.2, -0.15) is 0 Å². The SMILES string of the molecule is O=C1CCCC1CCSc1ccc(F)c(F)c1. The third kappa shape index (κ3) is 3.28. The van der Waals surface area contributed by atoms with Crippen LogP contribution in [-0.2, 0) is 4.79 Å². The molecule has 0 aliphatic heterocycles. The maximum absolute atomic E-state index is 12.9. The van der Waals surface area contributed by atoms with E-state index < -0.39 is 11.6 Å². The molecule has 1 fully saturated rings. The van der Waals surface area contributed by atoms with Crippen molar-refractivity contribution >= 4 is 17.5 Å². The predicted molar refractivity (Wildman–Crippen MR) is 64.0 cm³/mol. The van der Waals surface area contributed by atoms with Gasteiger partial charge in [-0.25, -0.2) is 8.78 Å². The lowest BCUT2D eigenvalue weighted by Crippen LogP contribution is -2.06. The minimum atomic E-state index is -0.819. The maximum atomic E-state index is 12.9. The quantitative estimate of drug-likeness (QED) is 0.762. The molecule has 0 N–H and O–H groups in total. The van der Waals surface area contributed by atoms with Gasteiger partial charge in [-0.3, -0.25) is 4.79 Å². The van der Waals surface area contributed by atoms with Crippen molar-refractivity contribution in [1.82, 2.24) is 0 Å². The molecule has 1 aliphatic carbocycles. The zero-order valence-corrected chi connectivity index (χ0v) is 10.2. The number of ketones is 1. The highest BCUT2D eigenvalue weighted by Crippen LogP contribution is 2.28. The lowest BCUT2D eigenvalue weighted by Gasteiger charge is -2.07. The lowest BCUT2D eigenvalue weighted by atomic mass is 10.1. The van der Waals surface area contributed by atoms with Gasteiger partial charge in [0.05, 0.1) is 0 Å². The van der Waals surface area contributed by atoms with Crippen molar-refractivity contribution in [3.63, 3.8) is 0 Å².